The first-order chi connectivity index (χ1) is 20.0. The molecule has 0 saturated carbocycles. The van der Waals surface area contributed by atoms with E-state index in [1.165, 1.54) is 0 Å². The van der Waals surface area contributed by atoms with Crippen molar-refractivity contribution < 1.29 is 19.2 Å². The predicted molar refractivity (Wildman–Crippen MR) is 158 cm³/mol. The number of aromatic nitrogens is 1. The SMILES string of the molecule is Cc1ccccc1N=C(CCc1noc2c1C(=O)CC(c1ccccc1)C2)C1=C(O)CC(c2ccccc2)CC1=O. The van der Waals surface area contributed by atoms with Gasteiger partial charge in [0.1, 0.15) is 11.5 Å². The number of Topliss-reactive ketones (excluding diaryl/α,β-unsaturated/α-hetero) is 2. The van der Waals surface area contributed by atoms with E-state index in [1.54, 1.807) is 0 Å². The number of rotatable bonds is 7. The summed E-state index contributed by atoms with van der Waals surface area (Å²) in [6, 6.07) is 27.5. The van der Waals surface area contributed by atoms with Gasteiger partial charge in [-0.2, -0.15) is 0 Å². The number of ketones is 2. The summed E-state index contributed by atoms with van der Waals surface area (Å²) in [4.78, 5) is 31.7. The van der Waals surface area contributed by atoms with Crippen LogP contribution in [0.1, 0.15) is 76.0 Å². The summed E-state index contributed by atoms with van der Waals surface area (Å²) in [6.07, 6.45) is 2.40. The van der Waals surface area contributed by atoms with Crippen molar-refractivity contribution in [2.24, 2.45) is 4.99 Å². The number of hydrogen-bond donors (Lipinski definition) is 1. The highest BCUT2D eigenvalue weighted by molar-refractivity contribution is 6.24. The zero-order chi connectivity index (χ0) is 28.3. The number of benzene rings is 3. The topological polar surface area (TPSA) is 92.8 Å². The summed E-state index contributed by atoms with van der Waals surface area (Å²) in [5.41, 5.74) is 5.80. The Balaban J connectivity index is 1.29. The van der Waals surface area contributed by atoms with E-state index in [2.05, 4.69) is 5.16 Å². The maximum atomic E-state index is 13.5. The number of nitrogens with zero attached hydrogens (tertiary/aromatic N) is 2. The minimum atomic E-state index is -0.126. The van der Waals surface area contributed by atoms with Crippen LogP contribution in [-0.2, 0) is 17.6 Å². The highest BCUT2D eigenvalue weighted by Gasteiger charge is 2.34. The lowest BCUT2D eigenvalue weighted by Crippen LogP contribution is -2.24. The average Bonchev–Trinajstić information content (AvgIpc) is 3.41. The Labute approximate surface area is 239 Å². The summed E-state index contributed by atoms with van der Waals surface area (Å²) < 4.78 is 5.69. The third-order valence-corrected chi connectivity index (χ3v) is 8.21. The molecule has 2 aliphatic carbocycles. The molecule has 1 N–H and O–H groups in total. The van der Waals surface area contributed by atoms with Crippen molar-refractivity contribution in [3.05, 3.63) is 130 Å². The van der Waals surface area contributed by atoms with Gasteiger partial charge in [-0.15, -0.1) is 0 Å². The van der Waals surface area contributed by atoms with E-state index in [-0.39, 0.29) is 34.7 Å². The number of hydrogen-bond acceptors (Lipinski definition) is 6. The molecule has 0 fully saturated rings. The number of carbonyl (C=O) groups excluding carboxylic acids is 2. The van der Waals surface area contributed by atoms with Gasteiger partial charge in [0.2, 0.25) is 0 Å². The number of allylic oxidation sites excluding steroid dienone is 2. The van der Waals surface area contributed by atoms with Gasteiger partial charge in [0.25, 0.3) is 0 Å². The van der Waals surface area contributed by atoms with Crippen molar-refractivity contribution in [3.63, 3.8) is 0 Å². The van der Waals surface area contributed by atoms with Gasteiger partial charge in [-0.05, 0) is 54.4 Å². The number of carbonyl (C=O) groups is 2. The highest BCUT2D eigenvalue weighted by Crippen LogP contribution is 2.37. The molecule has 4 aromatic rings. The molecular weight excluding hydrogens is 512 g/mol. The molecule has 1 heterocycles. The lowest BCUT2D eigenvalue weighted by molar-refractivity contribution is -0.116. The van der Waals surface area contributed by atoms with Crippen LogP contribution in [-0.4, -0.2) is 27.5 Å². The van der Waals surface area contributed by atoms with Crippen LogP contribution in [0.5, 0.6) is 0 Å². The van der Waals surface area contributed by atoms with Gasteiger partial charge in [-0.3, -0.25) is 14.6 Å². The Morgan fingerprint density at radius 2 is 1.44 bits per heavy atom. The van der Waals surface area contributed by atoms with Gasteiger partial charge < -0.3 is 9.63 Å². The maximum Gasteiger partial charge on any atom is 0.168 e. The Morgan fingerprint density at radius 3 is 2.10 bits per heavy atom. The second-order valence-electron chi connectivity index (χ2n) is 11.0. The predicted octanol–water partition coefficient (Wildman–Crippen LogP) is 7.56. The summed E-state index contributed by atoms with van der Waals surface area (Å²) >= 11 is 0. The summed E-state index contributed by atoms with van der Waals surface area (Å²) in [5.74, 6) is 0.559. The number of aliphatic hydroxyl groups excluding tert-OH is 1. The molecule has 0 radical (unpaired) electrons. The zero-order valence-electron chi connectivity index (χ0n) is 23.0. The van der Waals surface area contributed by atoms with E-state index in [0.29, 0.717) is 61.3 Å². The van der Waals surface area contributed by atoms with Gasteiger partial charge in [0, 0.05) is 25.7 Å². The minimum absolute atomic E-state index is 0.0234. The van der Waals surface area contributed by atoms with Crippen molar-refractivity contribution in [1.29, 1.82) is 0 Å². The summed E-state index contributed by atoms with van der Waals surface area (Å²) in [6.45, 7) is 1.97. The summed E-state index contributed by atoms with van der Waals surface area (Å²) in [7, 11) is 0. The summed E-state index contributed by atoms with van der Waals surface area (Å²) in [5, 5.41) is 15.5. The van der Waals surface area contributed by atoms with Crippen LogP contribution >= 0.6 is 0 Å². The van der Waals surface area contributed by atoms with Crippen molar-refractivity contribution in [3.8, 4) is 0 Å². The van der Waals surface area contributed by atoms with Crippen molar-refractivity contribution in [2.45, 2.75) is 57.3 Å². The molecule has 2 aliphatic rings. The molecule has 1 aromatic heterocycles. The standard InChI is InChI=1S/C35H32N2O4/c1-22-10-8-9-15-27(22)36-28(34-30(38)18-25(19-31(34)39)23-11-4-2-5-12-23)16-17-29-35-32(40)20-26(21-33(35)41-37-29)24-13-6-3-7-14-24/h2-15,25-26,38H,16-21H2,1H3. The number of aliphatic imine (C=N–C) groups is 1. The van der Waals surface area contributed by atoms with Crippen LogP contribution in [0.2, 0.25) is 0 Å². The van der Waals surface area contributed by atoms with Crippen LogP contribution in [0.4, 0.5) is 5.69 Å². The normalized spacial score (nSPS) is 19.4. The van der Waals surface area contributed by atoms with Gasteiger partial charge >= 0.3 is 0 Å². The van der Waals surface area contributed by atoms with Crippen LogP contribution in [0.15, 0.2) is 106 Å². The quantitative estimate of drug-likeness (QED) is 0.242. The molecule has 206 valence electrons. The second kappa shape index (κ2) is 11.5. The van der Waals surface area contributed by atoms with E-state index in [4.69, 9.17) is 9.52 Å². The van der Waals surface area contributed by atoms with Gasteiger partial charge in [0.05, 0.1) is 28.2 Å². The molecule has 0 aliphatic heterocycles. The molecule has 0 saturated heterocycles. The van der Waals surface area contributed by atoms with E-state index >= 15 is 0 Å². The molecule has 3 aromatic carbocycles. The monoisotopic (exact) mass is 544 g/mol. The van der Waals surface area contributed by atoms with E-state index < -0.39 is 0 Å². The zero-order valence-corrected chi connectivity index (χ0v) is 23.0. The van der Waals surface area contributed by atoms with Crippen molar-refractivity contribution in [2.75, 3.05) is 0 Å². The third-order valence-electron chi connectivity index (χ3n) is 8.21. The van der Waals surface area contributed by atoms with Crippen LogP contribution in [0.25, 0.3) is 0 Å². The number of fused-ring (bicyclic) bond motifs is 1. The molecule has 2 unspecified atom stereocenters. The molecule has 6 nitrogen and oxygen atoms in total. The molecule has 0 bridgehead atoms. The van der Waals surface area contributed by atoms with E-state index in [0.717, 1.165) is 22.4 Å². The van der Waals surface area contributed by atoms with Gasteiger partial charge in [-0.1, -0.05) is 84.0 Å². The molecule has 0 amide bonds. The van der Waals surface area contributed by atoms with Crippen molar-refractivity contribution in [1.82, 2.24) is 5.16 Å². The number of aliphatic hydroxyl groups is 1. The fourth-order valence-electron chi connectivity index (χ4n) is 6.06. The van der Waals surface area contributed by atoms with Crippen molar-refractivity contribution >= 4 is 23.0 Å². The van der Waals surface area contributed by atoms with E-state index in [9.17, 15) is 14.7 Å². The maximum absolute atomic E-state index is 13.5. The first-order valence-electron chi connectivity index (χ1n) is 14.2. The lowest BCUT2D eigenvalue weighted by Gasteiger charge is -2.25. The Hall–Kier alpha value is -4.58. The lowest BCUT2D eigenvalue weighted by atomic mass is 9.80. The fourth-order valence-corrected chi connectivity index (χ4v) is 6.06. The van der Waals surface area contributed by atoms with Crippen LogP contribution in [0.3, 0.4) is 0 Å². The highest BCUT2D eigenvalue weighted by atomic mass is 16.5. The third kappa shape index (κ3) is 5.55. The fraction of sp³-hybridized carbons (Fsp3) is 0.257. The largest absolute Gasteiger partial charge is 0.511 e. The Kier molecular flexibility index (Phi) is 7.47. The van der Waals surface area contributed by atoms with E-state index in [1.807, 2.05) is 91.9 Å². The van der Waals surface area contributed by atoms with Crippen LogP contribution < -0.4 is 0 Å². The first-order valence-corrected chi connectivity index (χ1v) is 14.2. The minimum Gasteiger partial charge on any atom is -0.511 e. The second-order valence-corrected chi connectivity index (χ2v) is 11.0. The first kappa shape index (κ1) is 26.6. The Morgan fingerprint density at radius 1 is 0.829 bits per heavy atom. The number of aryl methyl sites for hydroxylation is 2. The molecule has 0 spiro atoms. The van der Waals surface area contributed by atoms with Gasteiger partial charge in [0.15, 0.2) is 11.6 Å². The van der Waals surface area contributed by atoms with Gasteiger partial charge in [-0.25, -0.2) is 0 Å². The molecule has 6 rings (SSSR count). The smallest absolute Gasteiger partial charge is 0.168 e. The molecule has 2 atom stereocenters. The number of para-hydroxylation sites is 1. The Bertz CT molecular complexity index is 1650. The average molecular weight is 545 g/mol. The molecule has 41 heavy (non-hydrogen) atoms. The molecule has 6 heteroatoms. The molecular formula is C35H32N2O4. The van der Waals surface area contributed by atoms with Crippen LogP contribution in [0, 0.1) is 6.92 Å².